The molecule has 2 rings (SSSR count). The van der Waals surface area contributed by atoms with E-state index in [9.17, 15) is 9.59 Å². The average Bonchev–Trinajstić information content (AvgIpc) is 2.46. The van der Waals surface area contributed by atoms with Gasteiger partial charge >= 0.3 is 0 Å². The second-order valence-electron chi connectivity index (χ2n) is 7.13. The molecule has 0 saturated carbocycles. The van der Waals surface area contributed by atoms with Gasteiger partial charge in [-0.1, -0.05) is 13.8 Å². The Bertz CT molecular complexity index is 395. The van der Waals surface area contributed by atoms with Crippen LogP contribution in [0.15, 0.2) is 0 Å². The SMILES string of the molecule is CC1CC(C)CN(C(=O)CN2CCN(C(=O)C(C)N)CC2)C1. The number of nitrogens with two attached hydrogens (primary N) is 1. The highest BCUT2D eigenvalue weighted by atomic mass is 16.2. The van der Waals surface area contributed by atoms with Crippen molar-refractivity contribution in [3.05, 3.63) is 0 Å². The maximum atomic E-state index is 12.5. The lowest BCUT2D eigenvalue weighted by Crippen LogP contribution is -2.55. The number of likely N-dealkylation sites (tertiary alicyclic amines) is 1. The molecule has 22 heavy (non-hydrogen) atoms. The fourth-order valence-corrected chi connectivity index (χ4v) is 3.57. The van der Waals surface area contributed by atoms with Crippen molar-refractivity contribution in [1.82, 2.24) is 14.7 Å². The van der Waals surface area contributed by atoms with Gasteiger partial charge in [-0.3, -0.25) is 14.5 Å². The van der Waals surface area contributed by atoms with Crippen LogP contribution in [0, 0.1) is 11.8 Å². The first-order valence-electron chi connectivity index (χ1n) is 8.41. The summed E-state index contributed by atoms with van der Waals surface area (Å²) in [6, 6.07) is -0.440. The third-order valence-corrected chi connectivity index (χ3v) is 4.65. The van der Waals surface area contributed by atoms with Crippen LogP contribution in [-0.4, -0.2) is 78.4 Å². The lowest BCUT2D eigenvalue weighted by molar-refractivity contribution is -0.137. The molecule has 2 aliphatic heterocycles. The molecule has 0 bridgehead atoms. The zero-order chi connectivity index (χ0) is 16.3. The molecule has 6 nitrogen and oxygen atoms in total. The zero-order valence-electron chi connectivity index (χ0n) is 14.1. The fraction of sp³-hybridized carbons (Fsp3) is 0.875. The summed E-state index contributed by atoms with van der Waals surface area (Å²) >= 11 is 0. The van der Waals surface area contributed by atoms with Crippen molar-refractivity contribution < 1.29 is 9.59 Å². The minimum atomic E-state index is -0.440. The van der Waals surface area contributed by atoms with Crippen LogP contribution in [-0.2, 0) is 9.59 Å². The second-order valence-corrected chi connectivity index (χ2v) is 7.13. The van der Waals surface area contributed by atoms with Crippen LogP contribution in [0.2, 0.25) is 0 Å². The van der Waals surface area contributed by atoms with E-state index in [1.165, 1.54) is 6.42 Å². The van der Waals surface area contributed by atoms with Gasteiger partial charge in [-0.15, -0.1) is 0 Å². The molecule has 0 aromatic carbocycles. The standard InChI is InChI=1S/C16H30N4O2/c1-12-8-13(2)10-20(9-12)15(21)11-18-4-6-19(7-5-18)16(22)14(3)17/h12-14H,4-11,17H2,1-3H3. The molecule has 0 aromatic rings. The van der Waals surface area contributed by atoms with Gasteiger partial charge in [0.1, 0.15) is 0 Å². The molecule has 2 N–H and O–H groups in total. The molecule has 6 heteroatoms. The monoisotopic (exact) mass is 310 g/mol. The summed E-state index contributed by atoms with van der Waals surface area (Å²) < 4.78 is 0. The predicted molar refractivity (Wildman–Crippen MR) is 86.2 cm³/mol. The zero-order valence-corrected chi connectivity index (χ0v) is 14.1. The molecular formula is C16H30N4O2. The normalized spacial score (nSPS) is 28.5. The number of hydrogen-bond donors (Lipinski definition) is 1. The predicted octanol–water partition coefficient (Wildman–Crippen LogP) is -0.0177. The van der Waals surface area contributed by atoms with Crippen molar-refractivity contribution >= 4 is 11.8 Å². The Morgan fingerprint density at radius 3 is 2.09 bits per heavy atom. The third kappa shape index (κ3) is 4.43. The van der Waals surface area contributed by atoms with Crippen molar-refractivity contribution in [3.8, 4) is 0 Å². The number of amides is 2. The summed E-state index contributed by atoms with van der Waals surface area (Å²) in [6.45, 7) is 11.2. The van der Waals surface area contributed by atoms with Gasteiger partial charge in [0.2, 0.25) is 11.8 Å². The number of carbonyl (C=O) groups is 2. The largest absolute Gasteiger partial charge is 0.341 e. The Balaban J connectivity index is 1.78. The molecule has 3 atom stereocenters. The Hall–Kier alpha value is -1.14. The van der Waals surface area contributed by atoms with E-state index in [1.54, 1.807) is 11.8 Å². The van der Waals surface area contributed by atoms with Crippen LogP contribution < -0.4 is 5.73 Å². The first-order valence-corrected chi connectivity index (χ1v) is 8.41. The molecule has 2 aliphatic rings. The van der Waals surface area contributed by atoms with Crippen LogP contribution in [0.5, 0.6) is 0 Å². The Morgan fingerprint density at radius 2 is 1.59 bits per heavy atom. The summed E-state index contributed by atoms with van der Waals surface area (Å²) in [7, 11) is 0. The van der Waals surface area contributed by atoms with Gasteiger partial charge in [0.05, 0.1) is 12.6 Å². The number of carbonyl (C=O) groups excluding carboxylic acids is 2. The van der Waals surface area contributed by atoms with E-state index < -0.39 is 6.04 Å². The molecule has 0 aromatic heterocycles. The Labute approximate surface area is 133 Å². The molecule has 0 aliphatic carbocycles. The van der Waals surface area contributed by atoms with Crippen LogP contribution >= 0.6 is 0 Å². The van der Waals surface area contributed by atoms with E-state index in [0.717, 1.165) is 26.2 Å². The van der Waals surface area contributed by atoms with Crippen LogP contribution in [0.3, 0.4) is 0 Å². The van der Waals surface area contributed by atoms with Crippen molar-refractivity contribution in [2.45, 2.75) is 33.2 Å². The smallest absolute Gasteiger partial charge is 0.239 e. The van der Waals surface area contributed by atoms with E-state index in [0.29, 0.717) is 31.5 Å². The second kappa shape index (κ2) is 7.42. The molecule has 2 fully saturated rings. The number of nitrogens with zero attached hydrogens (tertiary/aromatic N) is 3. The maximum absolute atomic E-state index is 12.5. The van der Waals surface area contributed by atoms with E-state index >= 15 is 0 Å². The Kier molecular flexibility index (Phi) is 5.81. The van der Waals surface area contributed by atoms with Crippen molar-refractivity contribution in [2.24, 2.45) is 17.6 Å². The average molecular weight is 310 g/mol. The maximum Gasteiger partial charge on any atom is 0.239 e. The lowest BCUT2D eigenvalue weighted by atomic mass is 9.92. The molecule has 2 heterocycles. The summed E-state index contributed by atoms with van der Waals surface area (Å²) in [5.41, 5.74) is 5.64. The number of rotatable bonds is 3. The van der Waals surface area contributed by atoms with Gasteiger partial charge in [0, 0.05) is 39.3 Å². The first-order chi connectivity index (χ1) is 10.4. The number of hydrogen-bond acceptors (Lipinski definition) is 4. The van der Waals surface area contributed by atoms with E-state index in [2.05, 4.69) is 18.7 Å². The highest BCUT2D eigenvalue weighted by molar-refractivity contribution is 5.81. The molecule has 2 saturated heterocycles. The van der Waals surface area contributed by atoms with E-state index in [4.69, 9.17) is 5.73 Å². The van der Waals surface area contributed by atoms with Crippen molar-refractivity contribution in [1.29, 1.82) is 0 Å². The molecule has 0 radical (unpaired) electrons. The molecular weight excluding hydrogens is 280 g/mol. The number of piperazine rings is 1. The molecule has 126 valence electrons. The van der Waals surface area contributed by atoms with Crippen LogP contribution in [0.4, 0.5) is 0 Å². The van der Waals surface area contributed by atoms with Gasteiger partial charge in [-0.2, -0.15) is 0 Å². The van der Waals surface area contributed by atoms with Gasteiger partial charge in [-0.05, 0) is 25.2 Å². The van der Waals surface area contributed by atoms with Crippen molar-refractivity contribution in [2.75, 3.05) is 45.8 Å². The van der Waals surface area contributed by atoms with Gasteiger partial charge in [-0.25, -0.2) is 0 Å². The fourth-order valence-electron chi connectivity index (χ4n) is 3.57. The minimum absolute atomic E-state index is 0.00431. The van der Waals surface area contributed by atoms with E-state index in [-0.39, 0.29) is 11.8 Å². The third-order valence-electron chi connectivity index (χ3n) is 4.65. The molecule has 3 unspecified atom stereocenters. The van der Waals surface area contributed by atoms with Gasteiger partial charge < -0.3 is 15.5 Å². The summed E-state index contributed by atoms with van der Waals surface area (Å²) in [5, 5.41) is 0. The van der Waals surface area contributed by atoms with Crippen molar-refractivity contribution in [3.63, 3.8) is 0 Å². The Morgan fingerprint density at radius 1 is 1.05 bits per heavy atom. The number of piperidine rings is 1. The molecule has 2 amide bonds. The van der Waals surface area contributed by atoms with Crippen LogP contribution in [0.1, 0.15) is 27.2 Å². The quantitative estimate of drug-likeness (QED) is 0.795. The highest BCUT2D eigenvalue weighted by Crippen LogP contribution is 2.21. The summed E-state index contributed by atoms with van der Waals surface area (Å²) in [4.78, 5) is 30.3. The lowest BCUT2D eigenvalue weighted by Gasteiger charge is -2.38. The summed E-state index contributed by atoms with van der Waals surface area (Å²) in [6.07, 6.45) is 1.21. The van der Waals surface area contributed by atoms with Gasteiger partial charge in [0.25, 0.3) is 0 Å². The molecule has 0 spiro atoms. The first kappa shape index (κ1) is 17.2. The van der Waals surface area contributed by atoms with Gasteiger partial charge in [0.15, 0.2) is 0 Å². The van der Waals surface area contributed by atoms with E-state index in [1.807, 2.05) is 4.90 Å². The highest BCUT2D eigenvalue weighted by Gasteiger charge is 2.28. The topological polar surface area (TPSA) is 69.9 Å². The minimum Gasteiger partial charge on any atom is -0.341 e. The summed E-state index contributed by atoms with van der Waals surface area (Å²) in [5.74, 6) is 1.41. The van der Waals surface area contributed by atoms with Crippen LogP contribution in [0.25, 0.3) is 0 Å².